The van der Waals surface area contributed by atoms with Crippen LogP contribution in [0.25, 0.3) is 11.0 Å². The molecule has 2 aromatic rings. The van der Waals surface area contributed by atoms with Crippen LogP contribution < -0.4 is 5.32 Å². The summed E-state index contributed by atoms with van der Waals surface area (Å²) in [7, 11) is 0. The highest BCUT2D eigenvalue weighted by Gasteiger charge is 2.33. The Morgan fingerprint density at radius 3 is 2.95 bits per heavy atom. The van der Waals surface area contributed by atoms with Crippen LogP contribution in [0.2, 0.25) is 0 Å². The van der Waals surface area contributed by atoms with Crippen molar-refractivity contribution in [2.75, 3.05) is 19.6 Å². The fourth-order valence-corrected chi connectivity index (χ4v) is 3.69. The quantitative estimate of drug-likeness (QED) is 0.875. The Kier molecular flexibility index (Phi) is 3.16. The minimum atomic E-state index is 0.463. The number of aromatic nitrogens is 3. The number of hydrogen-bond acceptors (Lipinski definition) is 4. The summed E-state index contributed by atoms with van der Waals surface area (Å²) in [5.41, 5.74) is 2.09. The lowest BCUT2D eigenvalue weighted by molar-refractivity contribution is 0.144. The number of H-pyrrole nitrogens is 1. The zero-order valence-electron chi connectivity index (χ0n) is 11.7. The fraction of sp³-hybridized carbons (Fsp3) is 0.600. The van der Waals surface area contributed by atoms with E-state index >= 15 is 0 Å². The number of imidazole rings is 1. The first kappa shape index (κ1) is 12.3. The van der Waals surface area contributed by atoms with Gasteiger partial charge < -0.3 is 10.3 Å². The van der Waals surface area contributed by atoms with Gasteiger partial charge in [0.2, 0.25) is 0 Å². The van der Waals surface area contributed by atoms with Crippen molar-refractivity contribution in [3.63, 3.8) is 0 Å². The van der Waals surface area contributed by atoms with E-state index in [0.717, 1.165) is 36.0 Å². The molecular weight excluding hydrogens is 250 g/mol. The number of piperidine rings is 1. The Morgan fingerprint density at radius 2 is 2.10 bits per heavy atom. The monoisotopic (exact) mass is 271 g/mol. The van der Waals surface area contributed by atoms with Crippen LogP contribution in [0.3, 0.4) is 0 Å². The molecule has 2 aliphatic rings. The lowest BCUT2D eigenvalue weighted by Gasteiger charge is -2.35. The molecule has 2 fully saturated rings. The van der Waals surface area contributed by atoms with Gasteiger partial charge in [0.1, 0.15) is 5.82 Å². The van der Waals surface area contributed by atoms with Gasteiger partial charge in [-0.15, -0.1) is 0 Å². The van der Waals surface area contributed by atoms with Crippen LogP contribution in [0.5, 0.6) is 0 Å². The highest BCUT2D eigenvalue weighted by Crippen LogP contribution is 2.34. The molecule has 2 aliphatic heterocycles. The number of fused-ring (bicyclic) bond motifs is 1. The minimum Gasteiger partial charge on any atom is -0.339 e. The third kappa shape index (κ3) is 2.11. The van der Waals surface area contributed by atoms with Crippen LogP contribution in [-0.2, 0) is 0 Å². The summed E-state index contributed by atoms with van der Waals surface area (Å²) in [4.78, 5) is 15.1. The summed E-state index contributed by atoms with van der Waals surface area (Å²) in [5, 5.41) is 3.46. The number of pyridine rings is 1. The van der Waals surface area contributed by atoms with Crippen molar-refractivity contribution < 1.29 is 0 Å². The van der Waals surface area contributed by atoms with Crippen LogP contribution in [0.15, 0.2) is 18.5 Å². The van der Waals surface area contributed by atoms with Crippen LogP contribution in [0, 0.1) is 0 Å². The normalized spacial score (nSPS) is 25.5. The van der Waals surface area contributed by atoms with E-state index in [1.54, 1.807) is 0 Å². The number of nitrogens with zero attached hydrogens (tertiary/aromatic N) is 3. The van der Waals surface area contributed by atoms with E-state index in [0.29, 0.717) is 6.04 Å². The maximum absolute atomic E-state index is 4.79. The summed E-state index contributed by atoms with van der Waals surface area (Å²) in [6.07, 6.45) is 8.71. The molecule has 1 atom stereocenters. The number of hydrogen-bond donors (Lipinski definition) is 2. The average molecular weight is 271 g/mol. The molecule has 4 heterocycles. The smallest absolute Gasteiger partial charge is 0.124 e. The first-order valence-corrected chi connectivity index (χ1v) is 7.68. The highest BCUT2D eigenvalue weighted by molar-refractivity contribution is 5.73. The van der Waals surface area contributed by atoms with Gasteiger partial charge in [-0.3, -0.25) is 9.88 Å². The molecule has 0 saturated carbocycles. The maximum Gasteiger partial charge on any atom is 0.124 e. The SMILES string of the molecule is c1cc2nc(C3CCCN3C3CCNCC3)[nH]c2cn1. The molecule has 1 unspecified atom stereocenters. The summed E-state index contributed by atoms with van der Waals surface area (Å²) in [6, 6.07) is 3.17. The Hall–Kier alpha value is -1.46. The number of rotatable bonds is 2. The van der Waals surface area contributed by atoms with Gasteiger partial charge >= 0.3 is 0 Å². The summed E-state index contributed by atoms with van der Waals surface area (Å²) >= 11 is 0. The van der Waals surface area contributed by atoms with Gasteiger partial charge in [0.25, 0.3) is 0 Å². The molecule has 2 saturated heterocycles. The second-order valence-electron chi connectivity index (χ2n) is 5.89. The number of nitrogens with one attached hydrogen (secondary N) is 2. The fourth-order valence-electron chi connectivity index (χ4n) is 3.69. The van der Waals surface area contributed by atoms with E-state index in [-0.39, 0.29) is 0 Å². The topological polar surface area (TPSA) is 56.8 Å². The summed E-state index contributed by atoms with van der Waals surface area (Å²) in [6.45, 7) is 3.51. The van der Waals surface area contributed by atoms with Crippen molar-refractivity contribution in [3.8, 4) is 0 Å². The predicted octanol–water partition coefficient (Wildman–Crippen LogP) is 1.85. The molecular formula is C15H21N5. The summed E-state index contributed by atoms with van der Waals surface area (Å²) < 4.78 is 0. The third-order valence-electron chi connectivity index (χ3n) is 4.69. The second-order valence-corrected chi connectivity index (χ2v) is 5.89. The third-order valence-corrected chi connectivity index (χ3v) is 4.69. The molecule has 5 nitrogen and oxygen atoms in total. The molecule has 106 valence electrons. The van der Waals surface area contributed by atoms with Crippen molar-refractivity contribution in [3.05, 3.63) is 24.3 Å². The zero-order chi connectivity index (χ0) is 13.4. The lowest BCUT2D eigenvalue weighted by Crippen LogP contribution is -2.42. The summed E-state index contributed by atoms with van der Waals surface area (Å²) in [5.74, 6) is 1.13. The van der Waals surface area contributed by atoms with E-state index in [1.807, 2.05) is 18.5 Å². The molecule has 0 radical (unpaired) electrons. The molecule has 4 rings (SSSR count). The van der Waals surface area contributed by atoms with Gasteiger partial charge in [0.05, 0.1) is 23.3 Å². The molecule has 0 aromatic carbocycles. The molecule has 20 heavy (non-hydrogen) atoms. The van der Waals surface area contributed by atoms with Gasteiger partial charge in [-0.05, 0) is 51.4 Å². The van der Waals surface area contributed by atoms with E-state index in [2.05, 4.69) is 20.2 Å². The Bertz CT molecular complexity index is 554. The van der Waals surface area contributed by atoms with Crippen molar-refractivity contribution in [1.82, 2.24) is 25.2 Å². The van der Waals surface area contributed by atoms with Crippen molar-refractivity contribution in [2.45, 2.75) is 37.8 Å². The molecule has 0 aliphatic carbocycles. The highest BCUT2D eigenvalue weighted by atomic mass is 15.2. The molecule has 5 heteroatoms. The van der Waals surface area contributed by atoms with Crippen LogP contribution >= 0.6 is 0 Å². The Balaban J connectivity index is 1.62. The van der Waals surface area contributed by atoms with Crippen molar-refractivity contribution >= 4 is 11.0 Å². The van der Waals surface area contributed by atoms with Crippen molar-refractivity contribution in [2.24, 2.45) is 0 Å². The maximum atomic E-state index is 4.79. The van der Waals surface area contributed by atoms with Crippen molar-refractivity contribution in [1.29, 1.82) is 0 Å². The Labute approximate surface area is 118 Å². The lowest BCUT2D eigenvalue weighted by atomic mass is 10.0. The molecule has 2 aromatic heterocycles. The van der Waals surface area contributed by atoms with Crippen LogP contribution in [0.1, 0.15) is 37.5 Å². The molecule has 0 spiro atoms. The first-order valence-electron chi connectivity index (χ1n) is 7.68. The van der Waals surface area contributed by atoms with E-state index in [1.165, 1.54) is 32.2 Å². The molecule has 0 amide bonds. The van der Waals surface area contributed by atoms with Crippen LogP contribution in [0.4, 0.5) is 0 Å². The Morgan fingerprint density at radius 1 is 1.20 bits per heavy atom. The second kappa shape index (κ2) is 5.14. The number of aromatic amines is 1. The van der Waals surface area contributed by atoms with Gasteiger partial charge in [-0.1, -0.05) is 0 Å². The standard InChI is InChI=1S/C15H21N5/c1-2-14(20(9-1)11-3-6-16-7-4-11)15-18-12-5-8-17-10-13(12)19-15/h5,8,10-11,14,16H,1-4,6-7,9H2,(H,18,19). The average Bonchev–Trinajstić information content (AvgIpc) is 3.14. The minimum absolute atomic E-state index is 0.463. The first-order chi connectivity index (χ1) is 9.92. The van der Waals surface area contributed by atoms with Crippen LogP contribution in [-0.4, -0.2) is 45.5 Å². The van der Waals surface area contributed by atoms with Gasteiger partial charge in [-0.25, -0.2) is 4.98 Å². The van der Waals surface area contributed by atoms with E-state index in [9.17, 15) is 0 Å². The molecule has 2 N–H and O–H groups in total. The predicted molar refractivity (Wildman–Crippen MR) is 78.5 cm³/mol. The zero-order valence-corrected chi connectivity index (χ0v) is 11.7. The van der Waals surface area contributed by atoms with E-state index in [4.69, 9.17) is 4.98 Å². The largest absolute Gasteiger partial charge is 0.339 e. The van der Waals surface area contributed by atoms with Gasteiger partial charge in [-0.2, -0.15) is 0 Å². The van der Waals surface area contributed by atoms with E-state index < -0.39 is 0 Å². The van der Waals surface area contributed by atoms with Gasteiger partial charge in [0.15, 0.2) is 0 Å². The molecule has 0 bridgehead atoms. The van der Waals surface area contributed by atoms with Gasteiger partial charge in [0, 0.05) is 12.2 Å². The number of likely N-dealkylation sites (tertiary alicyclic amines) is 1.